The normalized spacial score (nSPS) is 11.6. The molecule has 0 fully saturated rings. The Morgan fingerprint density at radius 1 is 1.14 bits per heavy atom. The molecule has 0 heterocycles. The Hall–Kier alpha value is -1.27. The number of ether oxygens (including phenoxy) is 1. The van der Waals surface area contributed by atoms with Crippen LogP contribution in [0.25, 0.3) is 0 Å². The molecule has 0 atom stereocenters. The highest BCUT2D eigenvalue weighted by Crippen LogP contribution is 2.22. The predicted molar refractivity (Wildman–Crippen MR) is 41.6 cm³/mol. The molecule has 0 saturated carbocycles. The fraction of sp³-hybridized carbons (Fsp3) is 0.143. The number of benzene rings is 1. The van der Waals surface area contributed by atoms with Crippen molar-refractivity contribution in [2.75, 3.05) is 7.11 Å². The van der Waals surface area contributed by atoms with Gasteiger partial charge < -0.3 is 17.7 Å². The van der Waals surface area contributed by atoms with Crippen LogP contribution in [0.5, 0.6) is 5.75 Å². The second-order valence-electron chi connectivity index (χ2n) is 2.56. The first kappa shape index (κ1) is 10.8. The lowest BCUT2D eigenvalue weighted by Gasteiger charge is -2.17. The van der Waals surface area contributed by atoms with Crippen molar-refractivity contribution in [3.8, 4) is 5.75 Å². The molecule has 0 saturated heterocycles. The van der Waals surface area contributed by atoms with E-state index in [1.165, 1.54) is 0 Å². The molecule has 0 aliphatic rings. The number of rotatable bonds is 2. The summed E-state index contributed by atoms with van der Waals surface area (Å²) in [5.74, 6) is -3.88. The van der Waals surface area contributed by atoms with Gasteiger partial charge in [-0.1, -0.05) is 11.5 Å². The van der Waals surface area contributed by atoms with Crippen molar-refractivity contribution in [1.82, 2.24) is 0 Å². The van der Waals surface area contributed by atoms with Gasteiger partial charge in [0.1, 0.15) is 5.82 Å². The van der Waals surface area contributed by atoms with Gasteiger partial charge in [0, 0.05) is 0 Å². The third-order valence-electron chi connectivity index (χ3n) is 1.64. The second kappa shape index (κ2) is 3.47. The third kappa shape index (κ3) is 1.81. The van der Waals surface area contributed by atoms with E-state index in [1.807, 2.05) is 0 Å². The molecule has 0 bridgehead atoms. The number of hydrogen-bond donors (Lipinski definition) is 0. The van der Waals surface area contributed by atoms with Crippen molar-refractivity contribution in [2.24, 2.45) is 0 Å². The van der Waals surface area contributed by atoms with Gasteiger partial charge in [0.25, 0.3) is 0 Å². The van der Waals surface area contributed by atoms with E-state index in [4.69, 9.17) is 0 Å². The molecule has 1 aromatic rings. The molecule has 14 heavy (non-hydrogen) atoms. The van der Waals surface area contributed by atoms with Crippen LogP contribution in [0.3, 0.4) is 0 Å². The molecule has 1 aromatic carbocycles. The Morgan fingerprint density at radius 2 is 1.71 bits per heavy atom. The Balaban J connectivity index is 3.36. The van der Waals surface area contributed by atoms with Crippen LogP contribution in [0, 0.1) is 11.6 Å². The zero-order valence-corrected chi connectivity index (χ0v) is 7.03. The SMILES string of the molecule is COc1c(F)ccc([B-](F)(F)F)c1F. The minimum absolute atomic E-state index is 0.354. The van der Waals surface area contributed by atoms with Crippen molar-refractivity contribution in [3.05, 3.63) is 23.8 Å². The first-order chi connectivity index (χ1) is 6.38. The predicted octanol–water partition coefficient (Wildman–Crippen LogP) is 2.03. The van der Waals surface area contributed by atoms with Gasteiger partial charge in [-0.15, -0.1) is 0 Å². The van der Waals surface area contributed by atoms with E-state index in [9.17, 15) is 21.7 Å². The fourth-order valence-electron chi connectivity index (χ4n) is 0.988. The van der Waals surface area contributed by atoms with Gasteiger partial charge in [0.15, 0.2) is 11.6 Å². The lowest BCUT2D eigenvalue weighted by molar-refractivity contribution is 0.360. The summed E-state index contributed by atoms with van der Waals surface area (Å²) in [4.78, 5) is 0. The smallest absolute Gasteiger partial charge is 0.491 e. The summed E-state index contributed by atoms with van der Waals surface area (Å²) in [5.41, 5.74) is -1.48. The number of halogens is 5. The van der Waals surface area contributed by atoms with Gasteiger partial charge in [0.05, 0.1) is 7.11 Å². The topological polar surface area (TPSA) is 9.23 Å². The molecule has 0 radical (unpaired) electrons. The van der Waals surface area contributed by atoms with E-state index < -0.39 is 29.8 Å². The molecule has 0 unspecified atom stereocenters. The van der Waals surface area contributed by atoms with E-state index in [0.717, 1.165) is 7.11 Å². The van der Waals surface area contributed by atoms with Gasteiger partial charge in [-0.05, 0) is 6.07 Å². The van der Waals surface area contributed by atoms with Crippen LogP contribution in [-0.2, 0) is 0 Å². The van der Waals surface area contributed by atoms with Crippen LogP contribution in [0.2, 0.25) is 0 Å². The molecule has 0 aliphatic heterocycles. The van der Waals surface area contributed by atoms with Gasteiger partial charge in [-0.2, -0.15) is 0 Å². The summed E-state index contributed by atoms with van der Waals surface area (Å²) in [6, 6.07) is 0.875. The Morgan fingerprint density at radius 3 is 2.14 bits per heavy atom. The standard InChI is InChI=1S/C7H5BF5O/c1-14-7-5(9)3-2-4(6(7)10)8(11,12)13/h2-3H,1H3/q-1. The summed E-state index contributed by atoms with van der Waals surface area (Å²) >= 11 is 0. The maximum absolute atomic E-state index is 13.0. The van der Waals surface area contributed by atoms with Crippen LogP contribution in [-0.4, -0.2) is 14.1 Å². The zero-order chi connectivity index (χ0) is 10.9. The third-order valence-corrected chi connectivity index (χ3v) is 1.64. The first-order valence-corrected chi connectivity index (χ1v) is 3.59. The van der Waals surface area contributed by atoms with Gasteiger partial charge >= 0.3 is 6.98 Å². The zero-order valence-electron chi connectivity index (χ0n) is 7.03. The molecule has 0 amide bonds. The molecular formula is C7H5BF5O-. The maximum Gasteiger partial charge on any atom is 0.512 e. The van der Waals surface area contributed by atoms with Crippen molar-refractivity contribution < 1.29 is 26.5 Å². The lowest BCUT2D eigenvalue weighted by atomic mass is 9.79. The van der Waals surface area contributed by atoms with Crippen LogP contribution < -0.4 is 10.2 Å². The van der Waals surface area contributed by atoms with Crippen molar-refractivity contribution >= 4 is 12.4 Å². The van der Waals surface area contributed by atoms with E-state index in [-0.39, 0.29) is 0 Å². The number of hydrogen-bond acceptors (Lipinski definition) is 1. The molecule has 1 rings (SSSR count). The average molecular weight is 211 g/mol. The Kier molecular flexibility index (Phi) is 2.68. The summed E-state index contributed by atoms with van der Waals surface area (Å²) in [6.45, 7) is -5.49. The lowest BCUT2D eigenvalue weighted by Crippen LogP contribution is -2.37. The minimum atomic E-state index is -5.49. The highest BCUT2D eigenvalue weighted by molar-refractivity contribution is 6.73. The van der Waals surface area contributed by atoms with Crippen LogP contribution >= 0.6 is 0 Å². The van der Waals surface area contributed by atoms with E-state index in [0.29, 0.717) is 12.1 Å². The molecule has 7 heteroatoms. The van der Waals surface area contributed by atoms with Crippen molar-refractivity contribution in [2.45, 2.75) is 0 Å². The molecule has 0 spiro atoms. The second-order valence-corrected chi connectivity index (χ2v) is 2.56. The molecule has 0 N–H and O–H groups in total. The van der Waals surface area contributed by atoms with Crippen LogP contribution in [0.4, 0.5) is 21.7 Å². The molecule has 0 aromatic heterocycles. The van der Waals surface area contributed by atoms with E-state index in [2.05, 4.69) is 4.74 Å². The van der Waals surface area contributed by atoms with Crippen LogP contribution in [0.1, 0.15) is 0 Å². The van der Waals surface area contributed by atoms with Crippen molar-refractivity contribution in [1.29, 1.82) is 0 Å². The fourth-order valence-corrected chi connectivity index (χ4v) is 0.988. The quantitative estimate of drug-likeness (QED) is 0.537. The van der Waals surface area contributed by atoms with Crippen molar-refractivity contribution in [3.63, 3.8) is 0 Å². The Bertz CT molecular complexity index is 349. The maximum atomic E-state index is 13.0. The van der Waals surface area contributed by atoms with Crippen LogP contribution in [0.15, 0.2) is 12.1 Å². The summed E-state index contributed by atoms with van der Waals surface area (Å²) in [7, 11) is 0.897. The number of methoxy groups -OCH3 is 1. The monoisotopic (exact) mass is 211 g/mol. The highest BCUT2D eigenvalue weighted by atomic mass is 19.4. The average Bonchev–Trinajstić information content (AvgIpc) is 2.02. The van der Waals surface area contributed by atoms with E-state index >= 15 is 0 Å². The van der Waals surface area contributed by atoms with E-state index in [1.54, 1.807) is 0 Å². The Labute approximate surface area is 76.5 Å². The summed E-state index contributed by atoms with van der Waals surface area (Å²) < 4.78 is 66.2. The van der Waals surface area contributed by atoms with Gasteiger partial charge in [-0.3, -0.25) is 0 Å². The van der Waals surface area contributed by atoms with Gasteiger partial charge in [0.2, 0.25) is 0 Å². The summed E-state index contributed by atoms with van der Waals surface area (Å²) in [5, 5.41) is 0. The first-order valence-electron chi connectivity index (χ1n) is 3.59. The largest absolute Gasteiger partial charge is 0.512 e. The summed E-state index contributed by atoms with van der Waals surface area (Å²) in [6.07, 6.45) is 0. The molecule has 0 aliphatic carbocycles. The molecular weight excluding hydrogens is 206 g/mol. The highest BCUT2D eigenvalue weighted by Gasteiger charge is 2.31. The van der Waals surface area contributed by atoms with Gasteiger partial charge in [-0.25, -0.2) is 8.78 Å². The molecule has 1 nitrogen and oxygen atoms in total. The minimum Gasteiger partial charge on any atom is -0.491 e. The molecule has 78 valence electrons.